The van der Waals surface area contributed by atoms with Crippen LogP contribution in [0.15, 0.2) is 72.7 Å². The molecular formula is C22H22N6O2. The molecule has 8 nitrogen and oxygen atoms in total. The van der Waals surface area contributed by atoms with Crippen molar-refractivity contribution in [3.8, 4) is 17.8 Å². The van der Waals surface area contributed by atoms with Gasteiger partial charge in [-0.3, -0.25) is 4.98 Å². The third-order valence-electron chi connectivity index (χ3n) is 4.42. The monoisotopic (exact) mass is 402 g/mol. The molecule has 0 unspecified atom stereocenters. The number of hydrogen-bond acceptors (Lipinski definition) is 8. The van der Waals surface area contributed by atoms with Crippen LogP contribution in [-0.4, -0.2) is 34.0 Å². The van der Waals surface area contributed by atoms with E-state index in [9.17, 15) is 0 Å². The van der Waals surface area contributed by atoms with Crippen LogP contribution in [0.1, 0.15) is 18.2 Å². The smallest absolute Gasteiger partial charge is 0.231 e. The first-order valence-corrected chi connectivity index (χ1v) is 9.16. The quantitative estimate of drug-likeness (QED) is 0.754. The number of hydrogen-bond donors (Lipinski definition) is 1. The number of ether oxygens (including phenoxy) is 2. The van der Waals surface area contributed by atoms with Gasteiger partial charge < -0.3 is 19.7 Å². The molecule has 0 radical (unpaired) electrons. The van der Waals surface area contributed by atoms with Crippen LogP contribution in [0.5, 0.6) is 11.8 Å². The maximum Gasteiger partial charge on any atom is 0.231 e. The fourth-order valence-electron chi connectivity index (χ4n) is 2.82. The van der Waals surface area contributed by atoms with E-state index in [0.717, 1.165) is 17.0 Å². The zero-order chi connectivity index (χ0) is 21.5. The number of methoxy groups -OCH3 is 1. The summed E-state index contributed by atoms with van der Waals surface area (Å²) in [5.41, 5.74) is 3.83. The van der Waals surface area contributed by atoms with Crippen LogP contribution >= 0.6 is 0 Å². The summed E-state index contributed by atoms with van der Waals surface area (Å²) in [4.78, 5) is 14.6. The van der Waals surface area contributed by atoms with Crippen LogP contribution in [-0.2, 0) is 6.61 Å². The van der Waals surface area contributed by atoms with Gasteiger partial charge in [0.15, 0.2) is 0 Å². The van der Waals surface area contributed by atoms with Gasteiger partial charge in [0.1, 0.15) is 12.4 Å². The fourth-order valence-corrected chi connectivity index (χ4v) is 2.82. The fraction of sp³-hybridized carbons (Fsp3) is 0.182. The predicted octanol–water partition coefficient (Wildman–Crippen LogP) is 3.16. The number of nitrogens with one attached hydrogen (secondary N) is 1. The zero-order valence-corrected chi connectivity index (χ0v) is 17.1. The minimum absolute atomic E-state index is 0.256. The summed E-state index contributed by atoms with van der Waals surface area (Å²) in [6, 6.07) is 5.86. The van der Waals surface area contributed by atoms with Crippen molar-refractivity contribution in [2.45, 2.75) is 13.5 Å². The first-order chi connectivity index (χ1) is 14.5. The Labute approximate surface area is 175 Å². The lowest BCUT2D eigenvalue weighted by molar-refractivity contribution is 0.288. The molecule has 0 aliphatic carbocycles. The molecule has 0 bridgehead atoms. The van der Waals surface area contributed by atoms with Gasteiger partial charge >= 0.3 is 0 Å². The second kappa shape index (κ2) is 9.39. The molecule has 8 heteroatoms. The van der Waals surface area contributed by atoms with E-state index in [1.54, 1.807) is 43.9 Å². The summed E-state index contributed by atoms with van der Waals surface area (Å²) in [6.07, 6.45) is 10.2. The Kier molecular flexibility index (Phi) is 6.45. The number of allylic oxidation sites excluding steroid dienone is 4. The molecule has 152 valence electrons. The Bertz CT molecular complexity index is 1050. The van der Waals surface area contributed by atoms with Gasteiger partial charge in [-0.1, -0.05) is 6.58 Å². The standard InChI is InChI=1S/C22H22N6O2/c1-15-9-17(10-23)7-8-28(15)22(24-3)16(2)18-5-6-20(26-11-18)30-14-19-12-27-21(29-4)13-25-19/h5-9,11-13,24H,1,14H2,2-4H3/b22-16+. The molecular weight excluding hydrogens is 380 g/mol. The molecule has 0 saturated carbocycles. The van der Waals surface area contributed by atoms with Gasteiger partial charge in [0.2, 0.25) is 11.8 Å². The second-order valence-electron chi connectivity index (χ2n) is 6.34. The highest BCUT2D eigenvalue weighted by atomic mass is 16.5. The molecule has 3 rings (SSSR count). The summed E-state index contributed by atoms with van der Waals surface area (Å²) < 4.78 is 10.7. The Morgan fingerprint density at radius 3 is 2.57 bits per heavy atom. The first-order valence-electron chi connectivity index (χ1n) is 9.16. The molecule has 2 aromatic rings. The topological polar surface area (TPSA) is 96.2 Å². The maximum atomic E-state index is 9.05. The lowest BCUT2D eigenvalue weighted by Crippen LogP contribution is -2.26. The number of nitriles is 1. The van der Waals surface area contributed by atoms with E-state index in [0.29, 0.717) is 28.7 Å². The van der Waals surface area contributed by atoms with Gasteiger partial charge in [0, 0.05) is 31.2 Å². The molecule has 3 heterocycles. The van der Waals surface area contributed by atoms with Crippen LogP contribution in [0.2, 0.25) is 0 Å². The summed E-state index contributed by atoms with van der Waals surface area (Å²) in [6.45, 7) is 6.28. The Balaban J connectivity index is 1.72. The van der Waals surface area contributed by atoms with Crippen molar-refractivity contribution >= 4 is 5.57 Å². The van der Waals surface area contributed by atoms with Crippen molar-refractivity contribution < 1.29 is 9.47 Å². The van der Waals surface area contributed by atoms with Gasteiger partial charge in [0.25, 0.3) is 0 Å². The average molecular weight is 402 g/mol. The van der Waals surface area contributed by atoms with E-state index in [1.807, 2.05) is 31.1 Å². The number of aromatic nitrogens is 3. The molecule has 0 amide bonds. The van der Waals surface area contributed by atoms with Crippen molar-refractivity contribution in [2.24, 2.45) is 0 Å². The highest BCUT2D eigenvalue weighted by Gasteiger charge is 2.16. The number of nitrogens with zero attached hydrogens (tertiary/aromatic N) is 5. The summed E-state index contributed by atoms with van der Waals surface area (Å²) in [7, 11) is 3.38. The van der Waals surface area contributed by atoms with E-state index < -0.39 is 0 Å². The highest BCUT2D eigenvalue weighted by Crippen LogP contribution is 2.26. The van der Waals surface area contributed by atoms with Gasteiger partial charge in [0.05, 0.1) is 36.8 Å². The molecule has 30 heavy (non-hydrogen) atoms. The van der Waals surface area contributed by atoms with Gasteiger partial charge in [-0.15, -0.1) is 0 Å². The van der Waals surface area contributed by atoms with Gasteiger partial charge in [-0.2, -0.15) is 5.26 Å². The minimum Gasteiger partial charge on any atom is -0.480 e. The molecule has 1 aliphatic rings. The minimum atomic E-state index is 0.256. The van der Waals surface area contributed by atoms with E-state index >= 15 is 0 Å². The number of pyridine rings is 1. The summed E-state index contributed by atoms with van der Waals surface area (Å²) in [5.74, 6) is 1.78. The van der Waals surface area contributed by atoms with E-state index in [2.05, 4.69) is 32.9 Å². The zero-order valence-electron chi connectivity index (χ0n) is 17.1. The van der Waals surface area contributed by atoms with Crippen molar-refractivity contribution in [2.75, 3.05) is 14.2 Å². The van der Waals surface area contributed by atoms with Crippen LogP contribution < -0.4 is 14.8 Å². The molecule has 0 fully saturated rings. The summed E-state index contributed by atoms with van der Waals surface area (Å²) >= 11 is 0. The molecule has 1 N–H and O–H groups in total. The Hall–Kier alpha value is -4.12. The lowest BCUT2D eigenvalue weighted by Gasteiger charge is -2.28. The van der Waals surface area contributed by atoms with Crippen molar-refractivity contribution in [1.29, 1.82) is 5.26 Å². The van der Waals surface area contributed by atoms with Gasteiger partial charge in [-0.25, -0.2) is 9.97 Å². The largest absolute Gasteiger partial charge is 0.480 e. The highest BCUT2D eigenvalue weighted by molar-refractivity contribution is 5.67. The third-order valence-corrected chi connectivity index (χ3v) is 4.42. The first kappa shape index (κ1) is 20.6. The molecule has 0 saturated heterocycles. The lowest BCUT2D eigenvalue weighted by atomic mass is 10.1. The average Bonchev–Trinajstić information content (AvgIpc) is 2.79. The normalized spacial score (nSPS) is 13.9. The second-order valence-corrected chi connectivity index (χ2v) is 6.34. The molecule has 1 aliphatic heterocycles. The number of rotatable bonds is 7. The van der Waals surface area contributed by atoms with E-state index in [4.69, 9.17) is 14.7 Å². The SMILES string of the molecule is C=C1C=C(C#N)C=CN1/C(NC)=C(\C)c1ccc(OCc2cnc(OC)cn2)nc1. The van der Waals surface area contributed by atoms with Crippen LogP contribution in [0.4, 0.5) is 0 Å². The third kappa shape index (κ3) is 4.64. The van der Waals surface area contributed by atoms with Crippen molar-refractivity contribution in [1.82, 2.24) is 25.2 Å². The van der Waals surface area contributed by atoms with Crippen molar-refractivity contribution in [3.63, 3.8) is 0 Å². The molecule has 0 aromatic carbocycles. The summed E-state index contributed by atoms with van der Waals surface area (Å²) in [5, 5.41) is 12.3. The maximum absolute atomic E-state index is 9.05. The predicted molar refractivity (Wildman–Crippen MR) is 113 cm³/mol. The molecule has 2 aromatic heterocycles. The van der Waals surface area contributed by atoms with Crippen LogP contribution in [0.25, 0.3) is 5.57 Å². The van der Waals surface area contributed by atoms with Crippen LogP contribution in [0.3, 0.4) is 0 Å². The molecule has 0 atom stereocenters. The molecule has 0 spiro atoms. The van der Waals surface area contributed by atoms with Crippen LogP contribution in [0, 0.1) is 11.3 Å². The Morgan fingerprint density at radius 2 is 2.00 bits per heavy atom. The Morgan fingerprint density at radius 1 is 1.20 bits per heavy atom. The van der Waals surface area contributed by atoms with Gasteiger partial charge in [-0.05, 0) is 36.3 Å². The van der Waals surface area contributed by atoms with Crippen molar-refractivity contribution in [3.05, 3.63) is 84.0 Å². The van der Waals surface area contributed by atoms with E-state index in [1.165, 1.54) is 0 Å². The van der Waals surface area contributed by atoms with E-state index in [-0.39, 0.29) is 6.61 Å².